The summed E-state index contributed by atoms with van der Waals surface area (Å²) in [4.78, 5) is 46.4. The summed E-state index contributed by atoms with van der Waals surface area (Å²) in [5.41, 5.74) is 1.77. The van der Waals surface area contributed by atoms with Crippen LogP contribution < -0.4 is 29.1 Å². The molecule has 232 valence electrons. The molecule has 2 aliphatic rings. The van der Waals surface area contributed by atoms with Crippen molar-refractivity contribution in [2.75, 3.05) is 53.7 Å². The Hall–Kier alpha value is -3.94. The molecule has 3 heterocycles. The monoisotopic (exact) mass is 685 g/mol. The van der Waals surface area contributed by atoms with Gasteiger partial charge in [0, 0.05) is 17.6 Å². The number of carbonyl (C=O) groups excluding carboxylic acids is 2. The van der Waals surface area contributed by atoms with Gasteiger partial charge in [0.2, 0.25) is 0 Å². The molecule has 1 atom stereocenters. The molecule has 0 bridgehead atoms. The number of nitrogens with zero attached hydrogens (tertiary/aromatic N) is 3. The molecular formula is C31H32BrN3O8S. The number of rotatable bonds is 9. The number of morpholine rings is 1. The largest absolute Gasteiger partial charge is 0.493 e. The number of halogens is 1. The lowest BCUT2D eigenvalue weighted by molar-refractivity contribution is -0.139. The van der Waals surface area contributed by atoms with Crippen LogP contribution >= 0.6 is 27.3 Å². The van der Waals surface area contributed by atoms with E-state index < -0.39 is 12.0 Å². The summed E-state index contributed by atoms with van der Waals surface area (Å²) >= 11 is 4.83. The zero-order valence-electron chi connectivity index (χ0n) is 24.8. The number of aromatic nitrogens is 1. The van der Waals surface area contributed by atoms with Gasteiger partial charge in [-0.25, -0.2) is 9.79 Å². The number of fused-ring (bicyclic) bond motifs is 1. The minimum atomic E-state index is -0.832. The second kappa shape index (κ2) is 13.8. The lowest BCUT2D eigenvalue weighted by Crippen LogP contribution is -2.42. The number of ether oxygens (including phenoxy) is 5. The van der Waals surface area contributed by atoms with Gasteiger partial charge < -0.3 is 28.6 Å². The van der Waals surface area contributed by atoms with Crippen LogP contribution in [0.3, 0.4) is 0 Å². The van der Waals surface area contributed by atoms with Crippen molar-refractivity contribution in [3.05, 3.63) is 83.0 Å². The third-order valence-corrected chi connectivity index (χ3v) is 8.89. The molecule has 0 N–H and O–H groups in total. The van der Waals surface area contributed by atoms with Crippen molar-refractivity contribution in [2.45, 2.75) is 19.9 Å². The predicted octanol–water partition coefficient (Wildman–Crippen LogP) is 2.82. The molecule has 2 aromatic carbocycles. The first kappa shape index (κ1) is 31.5. The number of hydrogen-bond donors (Lipinski definition) is 0. The molecule has 13 heteroatoms. The van der Waals surface area contributed by atoms with Crippen LogP contribution in [-0.2, 0) is 19.1 Å². The molecule has 0 spiro atoms. The van der Waals surface area contributed by atoms with Gasteiger partial charge in [-0.2, -0.15) is 0 Å². The SMILES string of the molecule is CCOC(=O)C1=C(C)N=c2s/c(=C/c3ccc(OCC(=O)N4CCOCC4)cc3)c(=O)n2[C@H]1c1cc(OC)c(OC)cc1Br. The predicted molar refractivity (Wildman–Crippen MR) is 167 cm³/mol. The summed E-state index contributed by atoms with van der Waals surface area (Å²) in [6, 6.07) is 9.77. The zero-order valence-corrected chi connectivity index (χ0v) is 27.2. The highest BCUT2D eigenvalue weighted by Gasteiger charge is 2.35. The van der Waals surface area contributed by atoms with Gasteiger partial charge in [-0.1, -0.05) is 39.4 Å². The number of thiazole rings is 1. The van der Waals surface area contributed by atoms with Gasteiger partial charge in [-0.15, -0.1) is 0 Å². The number of esters is 1. The first-order valence-electron chi connectivity index (χ1n) is 13.9. The van der Waals surface area contributed by atoms with Crippen LogP contribution in [0.25, 0.3) is 6.08 Å². The number of amides is 1. The van der Waals surface area contributed by atoms with E-state index in [1.807, 2.05) is 12.1 Å². The Labute approximate surface area is 266 Å². The number of benzene rings is 2. The highest BCUT2D eigenvalue weighted by molar-refractivity contribution is 9.10. The van der Waals surface area contributed by atoms with E-state index in [1.165, 1.54) is 30.1 Å². The summed E-state index contributed by atoms with van der Waals surface area (Å²) in [7, 11) is 3.05. The molecule has 11 nitrogen and oxygen atoms in total. The smallest absolute Gasteiger partial charge is 0.338 e. The molecule has 2 aliphatic heterocycles. The molecule has 0 aliphatic carbocycles. The number of carbonyl (C=O) groups is 2. The lowest BCUT2D eigenvalue weighted by Gasteiger charge is -2.26. The van der Waals surface area contributed by atoms with E-state index >= 15 is 0 Å². The van der Waals surface area contributed by atoms with E-state index in [-0.39, 0.29) is 30.3 Å². The first-order chi connectivity index (χ1) is 21.2. The molecule has 5 rings (SSSR count). The molecule has 1 saturated heterocycles. The average Bonchev–Trinajstić information content (AvgIpc) is 3.33. The van der Waals surface area contributed by atoms with Crippen molar-refractivity contribution in [3.63, 3.8) is 0 Å². The number of allylic oxidation sites excluding steroid dienone is 1. The van der Waals surface area contributed by atoms with E-state index in [4.69, 9.17) is 23.7 Å². The Morgan fingerprint density at radius 2 is 1.80 bits per heavy atom. The van der Waals surface area contributed by atoms with E-state index in [0.29, 0.717) is 68.6 Å². The van der Waals surface area contributed by atoms with Crippen LogP contribution in [0.2, 0.25) is 0 Å². The van der Waals surface area contributed by atoms with Crippen molar-refractivity contribution >= 4 is 45.2 Å². The van der Waals surface area contributed by atoms with E-state index in [0.717, 1.165) is 5.56 Å². The first-order valence-corrected chi connectivity index (χ1v) is 15.6. The second-order valence-electron chi connectivity index (χ2n) is 9.88. The van der Waals surface area contributed by atoms with Gasteiger partial charge in [0.25, 0.3) is 11.5 Å². The van der Waals surface area contributed by atoms with Crippen molar-refractivity contribution in [3.8, 4) is 17.2 Å². The van der Waals surface area contributed by atoms with Crippen LogP contribution in [0, 0.1) is 0 Å². The van der Waals surface area contributed by atoms with E-state index in [9.17, 15) is 14.4 Å². The fourth-order valence-electron chi connectivity index (χ4n) is 5.03. The topological polar surface area (TPSA) is 118 Å². The summed E-state index contributed by atoms with van der Waals surface area (Å²) in [6.07, 6.45) is 1.76. The molecule has 3 aromatic rings. The van der Waals surface area contributed by atoms with Crippen LogP contribution in [0.1, 0.15) is 31.0 Å². The van der Waals surface area contributed by atoms with Gasteiger partial charge in [0.1, 0.15) is 5.75 Å². The second-order valence-corrected chi connectivity index (χ2v) is 11.7. The fraction of sp³-hybridized carbons (Fsp3) is 0.355. The highest BCUT2D eigenvalue weighted by atomic mass is 79.9. The van der Waals surface area contributed by atoms with Crippen molar-refractivity contribution in [2.24, 2.45) is 4.99 Å². The lowest BCUT2D eigenvalue weighted by atomic mass is 9.95. The summed E-state index contributed by atoms with van der Waals surface area (Å²) in [6.45, 7) is 5.73. The van der Waals surface area contributed by atoms with Crippen molar-refractivity contribution < 1.29 is 33.3 Å². The maximum Gasteiger partial charge on any atom is 0.338 e. The standard InChI is InChI=1S/C31H32BrN3O8S/c1-5-42-30(38)27-18(2)33-31-35(28(27)21-15-23(39-3)24(40-4)16-22(21)32)29(37)25(44-31)14-19-6-8-20(9-7-19)43-17-26(36)34-10-12-41-13-11-34/h6-9,14-16,28H,5,10-13,17H2,1-4H3/b25-14+/t28-/m0/s1. The Morgan fingerprint density at radius 1 is 1.11 bits per heavy atom. The molecule has 0 unspecified atom stereocenters. The molecule has 1 fully saturated rings. The zero-order chi connectivity index (χ0) is 31.4. The Balaban J connectivity index is 1.50. The minimum Gasteiger partial charge on any atom is -0.493 e. The van der Waals surface area contributed by atoms with Crippen molar-refractivity contribution in [1.29, 1.82) is 0 Å². The Kier molecular flexibility index (Phi) is 9.87. The molecular weight excluding hydrogens is 654 g/mol. The fourth-order valence-corrected chi connectivity index (χ4v) is 6.61. The van der Waals surface area contributed by atoms with Gasteiger partial charge in [-0.3, -0.25) is 14.2 Å². The van der Waals surface area contributed by atoms with Crippen LogP contribution in [0.15, 0.2) is 61.9 Å². The molecule has 0 saturated carbocycles. The molecule has 44 heavy (non-hydrogen) atoms. The maximum absolute atomic E-state index is 14.0. The van der Waals surface area contributed by atoms with Gasteiger partial charge >= 0.3 is 5.97 Å². The molecule has 0 radical (unpaired) electrons. The van der Waals surface area contributed by atoms with Crippen LogP contribution in [-0.4, -0.2) is 75.1 Å². The van der Waals surface area contributed by atoms with Crippen LogP contribution in [0.4, 0.5) is 0 Å². The van der Waals surface area contributed by atoms with E-state index in [1.54, 1.807) is 49.1 Å². The minimum absolute atomic E-state index is 0.0637. The maximum atomic E-state index is 14.0. The van der Waals surface area contributed by atoms with E-state index in [2.05, 4.69) is 20.9 Å². The summed E-state index contributed by atoms with van der Waals surface area (Å²) in [5.74, 6) is 0.828. The van der Waals surface area contributed by atoms with Crippen molar-refractivity contribution in [1.82, 2.24) is 9.47 Å². The average molecular weight is 687 g/mol. The number of methoxy groups -OCH3 is 2. The Bertz CT molecular complexity index is 1770. The third-order valence-electron chi connectivity index (χ3n) is 7.22. The normalized spacial score (nSPS) is 16.7. The Morgan fingerprint density at radius 3 is 2.45 bits per heavy atom. The highest BCUT2D eigenvalue weighted by Crippen LogP contribution is 2.40. The summed E-state index contributed by atoms with van der Waals surface area (Å²) in [5, 5.41) is 0. The van der Waals surface area contributed by atoms with Gasteiger partial charge in [-0.05, 0) is 55.3 Å². The quantitative estimate of drug-likeness (QED) is 0.316. The van der Waals surface area contributed by atoms with Gasteiger partial charge in [0.05, 0.1) is 55.9 Å². The summed E-state index contributed by atoms with van der Waals surface area (Å²) < 4.78 is 29.9. The molecule has 1 amide bonds. The molecule has 1 aromatic heterocycles. The third kappa shape index (κ3) is 6.44. The number of hydrogen-bond acceptors (Lipinski definition) is 10. The van der Waals surface area contributed by atoms with Crippen LogP contribution in [0.5, 0.6) is 17.2 Å². The van der Waals surface area contributed by atoms with Gasteiger partial charge in [0.15, 0.2) is 22.9 Å².